The zero-order valence-electron chi connectivity index (χ0n) is 43.6. The van der Waals surface area contributed by atoms with Crippen LogP contribution in [0.25, 0.3) is 0 Å². The van der Waals surface area contributed by atoms with Gasteiger partial charge < -0.3 is 72.2 Å². The minimum Gasteiger partial charge on any atom is -0.458 e. The van der Waals surface area contributed by atoms with Crippen molar-refractivity contribution in [2.75, 3.05) is 21.3 Å². The number of esters is 1. The third-order valence-electron chi connectivity index (χ3n) is 18.5. The van der Waals surface area contributed by atoms with Gasteiger partial charge in [0, 0.05) is 63.9 Å². The predicted octanol–water partition coefficient (Wildman–Crippen LogP) is 5.60. The van der Waals surface area contributed by atoms with E-state index < -0.39 is 115 Å². The third-order valence-corrected chi connectivity index (χ3v) is 18.5. The summed E-state index contributed by atoms with van der Waals surface area (Å²) in [6.45, 7) is 16.9. The van der Waals surface area contributed by atoms with E-state index in [0.717, 1.165) is 19.3 Å². The van der Waals surface area contributed by atoms with Gasteiger partial charge >= 0.3 is 5.97 Å². The SMILES string of the molecule is C/C=C(\C)C(=O)OC1CC2C(CC=C3CC(O[C@H]4CC(OC)[C@@H](O[C@H]5CC(OC)[C@@H](O[C@H]6CC(O)[C@@H](O[C@H]7CC(OC)[C@@H](O)C(C)O7)C(C)O6)C(C)O5)C(C)O4)CCC32C)C2(O)CCC(C(C)=O)C12C. The Morgan fingerprint density at radius 3 is 1.77 bits per heavy atom. The Hall–Kier alpha value is -1.94. The smallest absolute Gasteiger partial charge is 0.333 e. The van der Waals surface area contributed by atoms with Crippen molar-refractivity contribution in [3.05, 3.63) is 23.3 Å². The van der Waals surface area contributed by atoms with Gasteiger partial charge in [0.05, 0.1) is 60.5 Å². The molecule has 4 aliphatic carbocycles. The summed E-state index contributed by atoms with van der Waals surface area (Å²) in [5.41, 5.74) is -0.451. The van der Waals surface area contributed by atoms with Gasteiger partial charge in [0.25, 0.3) is 0 Å². The lowest BCUT2D eigenvalue weighted by Crippen LogP contribution is -2.66. The molecule has 17 heteroatoms. The molecule has 0 aromatic carbocycles. The van der Waals surface area contributed by atoms with Gasteiger partial charge in [0.2, 0.25) is 0 Å². The molecule has 8 rings (SSSR count). The number of Topliss-reactive ketones (excluding diaryl/α,β-unsaturated/α-hetero) is 1. The first-order valence-electron chi connectivity index (χ1n) is 26.1. The highest BCUT2D eigenvalue weighted by Crippen LogP contribution is 2.68. The van der Waals surface area contributed by atoms with Crippen LogP contribution in [0, 0.1) is 28.6 Å². The molecule has 398 valence electrons. The Balaban J connectivity index is 0.850. The highest BCUT2D eigenvalue weighted by molar-refractivity contribution is 5.88. The molecule has 3 saturated carbocycles. The van der Waals surface area contributed by atoms with E-state index >= 15 is 0 Å². The van der Waals surface area contributed by atoms with Gasteiger partial charge in [-0.15, -0.1) is 0 Å². The molecule has 16 unspecified atom stereocenters. The third kappa shape index (κ3) is 10.1. The van der Waals surface area contributed by atoms with E-state index in [1.54, 1.807) is 48.2 Å². The van der Waals surface area contributed by atoms with Crippen LogP contribution in [0.15, 0.2) is 23.3 Å². The molecule has 0 spiro atoms. The summed E-state index contributed by atoms with van der Waals surface area (Å²) in [6, 6.07) is 0. The predicted molar refractivity (Wildman–Crippen MR) is 252 cm³/mol. The fourth-order valence-electron chi connectivity index (χ4n) is 14.2. The molecule has 0 radical (unpaired) electrons. The molecule has 3 N–H and O–H groups in total. The van der Waals surface area contributed by atoms with E-state index in [4.69, 9.17) is 56.8 Å². The molecule has 4 saturated heterocycles. The van der Waals surface area contributed by atoms with E-state index in [1.807, 2.05) is 34.6 Å². The second kappa shape index (κ2) is 21.7. The van der Waals surface area contributed by atoms with Crippen LogP contribution in [0.4, 0.5) is 0 Å². The number of aliphatic hydroxyl groups excluding tert-OH is 2. The number of carbonyl (C=O) groups excluding carboxylic acids is 2. The van der Waals surface area contributed by atoms with Crippen LogP contribution in [-0.2, 0) is 66.4 Å². The van der Waals surface area contributed by atoms with Crippen molar-refractivity contribution < 1.29 is 81.8 Å². The lowest BCUT2D eigenvalue weighted by molar-refractivity contribution is -0.346. The van der Waals surface area contributed by atoms with Crippen molar-refractivity contribution >= 4 is 11.8 Å². The van der Waals surface area contributed by atoms with E-state index in [-0.39, 0.29) is 47.6 Å². The van der Waals surface area contributed by atoms with Crippen molar-refractivity contribution in [2.45, 2.75) is 249 Å². The van der Waals surface area contributed by atoms with Crippen LogP contribution in [0.2, 0.25) is 0 Å². The minimum absolute atomic E-state index is 0.0387. The topological polar surface area (TPSA) is 206 Å². The molecule has 17 nitrogen and oxygen atoms in total. The van der Waals surface area contributed by atoms with E-state index in [1.165, 1.54) is 5.57 Å². The lowest BCUT2D eigenvalue weighted by Gasteiger charge is -2.63. The Morgan fingerprint density at radius 2 is 1.21 bits per heavy atom. The molecule has 0 amide bonds. The van der Waals surface area contributed by atoms with Crippen LogP contribution in [0.5, 0.6) is 0 Å². The number of rotatable bonds is 14. The summed E-state index contributed by atoms with van der Waals surface area (Å²) in [4.78, 5) is 26.5. The van der Waals surface area contributed by atoms with Gasteiger partial charge in [-0.3, -0.25) is 4.79 Å². The maximum atomic E-state index is 13.3. The highest BCUT2D eigenvalue weighted by Gasteiger charge is 2.71. The summed E-state index contributed by atoms with van der Waals surface area (Å²) in [7, 11) is 4.85. The van der Waals surface area contributed by atoms with Crippen LogP contribution in [0.1, 0.15) is 133 Å². The maximum Gasteiger partial charge on any atom is 0.333 e. The second-order valence-corrected chi connectivity index (χ2v) is 22.3. The van der Waals surface area contributed by atoms with Crippen LogP contribution < -0.4 is 0 Å². The molecule has 0 aromatic heterocycles. The number of hydrogen-bond acceptors (Lipinski definition) is 17. The Kier molecular flexibility index (Phi) is 16.9. The number of allylic oxidation sites excluding steroid dienone is 2. The van der Waals surface area contributed by atoms with Crippen molar-refractivity contribution in [3.63, 3.8) is 0 Å². The van der Waals surface area contributed by atoms with Crippen LogP contribution in [-0.4, -0.2) is 165 Å². The molecular weight excluding hydrogens is 909 g/mol. The molecule has 4 aliphatic heterocycles. The molecule has 4 heterocycles. The number of ketones is 1. The van der Waals surface area contributed by atoms with Crippen molar-refractivity contribution in [1.29, 1.82) is 0 Å². The van der Waals surface area contributed by atoms with Gasteiger partial charge in [-0.05, 0) is 111 Å². The fourth-order valence-corrected chi connectivity index (χ4v) is 14.2. The zero-order chi connectivity index (χ0) is 50.6. The van der Waals surface area contributed by atoms with Crippen molar-refractivity contribution in [2.24, 2.45) is 28.6 Å². The molecule has 24 atom stereocenters. The highest BCUT2D eigenvalue weighted by atomic mass is 16.8. The Morgan fingerprint density at radius 1 is 0.686 bits per heavy atom. The molecular formula is C53H84O17. The first-order chi connectivity index (χ1) is 33.2. The quantitative estimate of drug-likeness (QED) is 0.110. The van der Waals surface area contributed by atoms with Gasteiger partial charge in [-0.25, -0.2) is 4.79 Å². The molecule has 70 heavy (non-hydrogen) atoms. The Bertz CT molecular complexity index is 1880. The number of methoxy groups -OCH3 is 3. The number of hydrogen-bond donors (Lipinski definition) is 3. The van der Waals surface area contributed by atoms with Gasteiger partial charge in [0.1, 0.15) is 36.3 Å². The van der Waals surface area contributed by atoms with E-state index in [2.05, 4.69) is 13.0 Å². The maximum absolute atomic E-state index is 13.3. The molecule has 0 aromatic rings. The van der Waals surface area contributed by atoms with E-state index in [0.29, 0.717) is 50.5 Å². The average Bonchev–Trinajstić information content (AvgIpc) is 3.61. The summed E-state index contributed by atoms with van der Waals surface area (Å²) in [6.07, 6.45) is 0.405. The monoisotopic (exact) mass is 993 g/mol. The van der Waals surface area contributed by atoms with Gasteiger partial charge in [0.15, 0.2) is 25.2 Å². The first-order valence-corrected chi connectivity index (χ1v) is 26.1. The molecule has 8 aliphatic rings. The summed E-state index contributed by atoms with van der Waals surface area (Å²) >= 11 is 0. The Labute approximate surface area is 414 Å². The lowest BCUT2D eigenvalue weighted by atomic mass is 9.45. The number of carbonyl (C=O) groups is 2. The van der Waals surface area contributed by atoms with Gasteiger partial charge in [-0.1, -0.05) is 31.6 Å². The van der Waals surface area contributed by atoms with Gasteiger partial charge in [-0.2, -0.15) is 0 Å². The zero-order valence-corrected chi connectivity index (χ0v) is 43.6. The standard InChI is InChI=1S/C53H84O17/c1-13-26(2)50(57)67-41-21-36-35(53(58)19-17-34(27(3)54)52(41,53)9)15-14-32-20-33(16-18-51(32,36)8)66-43-24-39(60-11)49(30(6)64-43)70-45-25-40(61-12)48(31(7)65-45)69-42-22-37(55)47(29(5)63-42)68-44-23-38(59-10)46(56)28(4)62-44/h13-14,28-31,33-49,55-56,58H,15-25H2,1-12H3/b26-13+/t28?,29?,30?,31?,33?,34?,35?,36?,37?,38?,39?,40?,41?,42-,43-,44-,45-,46-,47-,48-,49-,51?,52?,53?/m0/s1. The van der Waals surface area contributed by atoms with E-state index in [9.17, 15) is 24.9 Å². The number of fused-ring (bicyclic) bond motifs is 5. The summed E-state index contributed by atoms with van der Waals surface area (Å²) < 4.78 is 75.0. The van der Waals surface area contributed by atoms with Crippen molar-refractivity contribution in [3.8, 4) is 0 Å². The molecule has 7 fully saturated rings. The van der Waals surface area contributed by atoms with Crippen molar-refractivity contribution in [1.82, 2.24) is 0 Å². The summed E-state index contributed by atoms with van der Waals surface area (Å²) in [5.74, 6) is -0.738. The number of aliphatic hydroxyl groups is 3. The normalized spacial score (nSPS) is 49.8. The second-order valence-electron chi connectivity index (χ2n) is 22.3. The summed E-state index contributed by atoms with van der Waals surface area (Å²) in [5, 5.41) is 34.5. The number of ether oxygens (including phenoxy) is 12. The largest absolute Gasteiger partial charge is 0.458 e. The van der Waals surface area contributed by atoms with Crippen LogP contribution in [0.3, 0.4) is 0 Å². The van der Waals surface area contributed by atoms with Crippen LogP contribution >= 0.6 is 0 Å². The average molecular weight is 993 g/mol. The fraction of sp³-hybridized carbons (Fsp3) is 0.887. The minimum atomic E-state index is -1.15. The molecule has 0 bridgehead atoms. The first kappa shape index (κ1) is 54.3.